The second-order valence-corrected chi connectivity index (χ2v) is 2.97. The van der Waals surface area contributed by atoms with Crippen LogP contribution >= 0.6 is 0 Å². The lowest BCUT2D eigenvalue weighted by Gasteiger charge is -2.03. The highest BCUT2D eigenvalue weighted by atomic mass is 16.5. The number of aryl methyl sites for hydroxylation is 1. The van der Waals surface area contributed by atoms with Gasteiger partial charge in [0.2, 0.25) is 0 Å². The lowest BCUT2D eigenvalue weighted by Crippen LogP contribution is -2.03. The van der Waals surface area contributed by atoms with Crippen LogP contribution in [0.4, 0.5) is 0 Å². The van der Waals surface area contributed by atoms with Gasteiger partial charge >= 0.3 is 0 Å². The standard InChI is InChI=1S/C11H15NO/c1-3-9-4-6-10(7-5-9)8-11(12)13-2/h4-7,12H,3,8H2,1-2H3. The van der Waals surface area contributed by atoms with Crippen molar-refractivity contribution in [3.63, 3.8) is 0 Å². The Hall–Kier alpha value is -1.31. The summed E-state index contributed by atoms with van der Waals surface area (Å²) in [6.45, 7) is 2.13. The molecule has 0 radical (unpaired) electrons. The summed E-state index contributed by atoms with van der Waals surface area (Å²) in [5.74, 6) is 0.309. The summed E-state index contributed by atoms with van der Waals surface area (Å²) >= 11 is 0. The Morgan fingerprint density at radius 1 is 1.23 bits per heavy atom. The molecule has 70 valence electrons. The Balaban J connectivity index is 2.64. The minimum Gasteiger partial charge on any atom is -0.484 e. The molecular formula is C11H15NO. The maximum absolute atomic E-state index is 7.35. The van der Waals surface area contributed by atoms with Gasteiger partial charge in [-0.05, 0) is 17.5 Å². The quantitative estimate of drug-likeness (QED) is 0.558. The number of hydrogen-bond acceptors (Lipinski definition) is 2. The van der Waals surface area contributed by atoms with E-state index in [2.05, 4.69) is 19.1 Å². The monoisotopic (exact) mass is 177 g/mol. The molecule has 0 saturated carbocycles. The summed E-state index contributed by atoms with van der Waals surface area (Å²) in [6.07, 6.45) is 1.64. The van der Waals surface area contributed by atoms with Gasteiger partial charge in [-0.15, -0.1) is 0 Å². The van der Waals surface area contributed by atoms with Crippen LogP contribution in [0.2, 0.25) is 0 Å². The molecule has 0 unspecified atom stereocenters. The van der Waals surface area contributed by atoms with Crippen LogP contribution in [0, 0.1) is 5.41 Å². The van der Waals surface area contributed by atoms with Gasteiger partial charge in [-0.1, -0.05) is 31.2 Å². The second-order valence-electron chi connectivity index (χ2n) is 2.97. The molecule has 13 heavy (non-hydrogen) atoms. The Morgan fingerprint density at radius 2 is 1.77 bits per heavy atom. The van der Waals surface area contributed by atoms with Gasteiger partial charge in [-0.25, -0.2) is 0 Å². The third-order valence-corrected chi connectivity index (χ3v) is 2.04. The van der Waals surface area contributed by atoms with E-state index in [1.165, 1.54) is 12.7 Å². The van der Waals surface area contributed by atoms with E-state index in [0.717, 1.165) is 12.0 Å². The van der Waals surface area contributed by atoms with E-state index in [1.54, 1.807) is 0 Å². The highest BCUT2D eigenvalue weighted by molar-refractivity contribution is 5.75. The van der Waals surface area contributed by atoms with Gasteiger partial charge in [-0.3, -0.25) is 5.41 Å². The number of rotatable bonds is 3. The van der Waals surface area contributed by atoms with E-state index < -0.39 is 0 Å². The zero-order chi connectivity index (χ0) is 9.68. The number of ether oxygens (including phenoxy) is 1. The third-order valence-electron chi connectivity index (χ3n) is 2.04. The largest absolute Gasteiger partial charge is 0.484 e. The minimum atomic E-state index is 0.309. The molecule has 2 heteroatoms. The van der Waals surface area contributed by atoms with Crippen LogP contribution in [0.15, 0.2) is 24.3 Å². The topological polar surface area (TPSA) is 33.1 Å². The third kappa shape index (κ3) is 2.90. The molecule has 0 amide bonds. The Bertz CT molecular complexity index is 277. The molecule has 0 spiro atoms. The predicted molar refractivity (Wildman–Crippen MR) is 54.3 cm³/mol. The van der Waals surface area contributed by atoms with Crippen molar-refractivity contribution in [1.82, 2.24) is 0 Å². The van der Waals surface area contributed by atoms with Crippen molar-refractivity contribution in [3.05, 3.63) is 35.4 Å². The van der Waals surface area contributed by atoms with Crippen molar-refractivity contribution in [2.75, 3.05) is 7.11 Å². The van der Waals surface area contributed by atoms with Crippen molar-refractivity contribution < 1.29 is 4.74 Å². The first-order chi connectivity index (χ1) is 6.26. The molecule has 1 N–H and O–H groups in total. The van der Waals surface area contributed by atoms with E-state index >= 15 is 0 Å². The zero-order valence-corrected chi connectivity index (χ0v) is 8.13. The molecule has 0 saturated heterocycles. The first-order valence-electron chi connectivity index (χ1n) is 4.45. The van der Waals surface area contributed by atoms with Crippen LogP contribution in [0.5, 0.6) is 0 Å². The summed E-state index contributed by atoms with van der Waals surface area (Å²) in [5.41, 5.74) is 2.46. The van der Waals surface area contributed by atoms with E-state index in [9.17, 15) is 0 Å². The van der Waals surface area contributed by atoms with Gasteiger partial charge in [-0.2, -0.15) is 0 Å². The normalized spacial score (nSPS) is 9.69. The van der Waals surface area contributed by atoms with Gasteiger partial charge in [0.15, 0.2) is 5.90 Å². The smallest absolute Gasteiger partial charge is 0.184 e. The summed E-state index contributed by atoms with van der Waals surface area (Å²) < 4.78 is 4.79. The summed E-state index contributed by atoms with van der Waals surface area (Å²) in [4.78, 5) is 0. The fourth-order valence-corrected chi connectivity index (χ4v) is 1.15. The van der Waals surface area contributed by atoms with Crippen molar-refractivity contribution in [2.45, 2.75) is 19.8 Å². The summed E-state index contributed by atoms with van der Waals surface area (Å²) in [6, 6.07) is 8.29. The van der Waals surface area contributed by atoms with Gasteiger partial charge in [0.1, 0.15) is 0 Å². The highest BCUT2D eigenvalue weighted by Gasteiger charge is 1.98. The molecule has 0 aromatic heterocycles. The van der Waals surface area contributed by atoms with Gasteiger partial charge in [0, 0.05) is 6.42 Å². The predicted octanol–water partition coefficient (Wildman–Crippen LogP) is 2.42. The minimum absolute atomic E-state index is 0.309. The molecule has 0 aliphatic heterocycles. The molecule has 0 heterocycles. The fraction of sp³-hybridized carbons (Fsp3) is 0.364. The number of nitrogens with one attached hydrogen (secondary N) is 1. The molecule has 1 aromatic rings. The molecule has 0 atom stereocenters. The Kier molecular flexibility index (Phi) is 3.50. The number of benzene rings is 1. The van der Waals surface area contributed by atoms with E-state index in [1.807, 2.05) is 12.1 Å². The maximum Gasteiger partial charge on any atom is 0.184 e. The zero-order valence-electron chi connectivity index (χ0n) is 8.13. The number of hydrogen-bond donors (Lipinski definition) is 1. The Labute approximate surface area is 79.1 Å². The lowest BCUT2D eigenvalue weighted by atomic mass is 10.1. The maximum atomic E-state index is 7.35. The Morgan fingerprint density at radius 3 is 2.23 bits per heavy atom. The van der Waals surface area contributed by atoms with Crippen LogP contribution in [0.25, 0.3) is 0 Å². The first kappa shape index (κ1) is 9.78. The first-order valence-corrected chi connectivity index (χ1v) is 4.45. The van der Waals surface area contributed by atoms with Gasteiger partial charge in [0.05, 0.1) is 7.11 Å². The average molecular weight is 177 g/mol. The van der Waals surface area contributed by atoms with Gasteiger partial charge < -0.3 is 4.74 Å². The molecular weight excluding hydrogens is 162 g/mol. The molecule has 0 aliphatic rings. The van der Waals surface area contributed by atoms with E-state index in [4.69, 9.17) is 10.1 Å². The van der Waals surface area contributed by atoms with Crippen molar-refractivity contribution in [2.24, 2.45) is 0 Å². The van der Waals surface area contributed by atoms with E-state index in [0.29, 0.717) is 12.3 Å². The summed E-state index contributed by atoms with van der Waals surface area (Å²) in [7, 11) is 1.53. The molecule has 0 aliphatic carbocycles. The lowest BCUT2D eigenvalue weighted by molar-refractivity contribution is 0.390. The molecule has 0 fully saturated rings. The van der Waals surface area contributed by atoms with Crippen LogP contribution in [0.3, 0.4) is 0 Å². The van der Waals surface area contributed by atoms with E-state index in [-0.39, 0.29) is 0 Å². The highest BCUT2D eigenvalue weighted by Crippen LogP contribution is 2.06. The summed E-state index contributed by atoms with van der Waals surface area (Å²) in [5, 5.41) is 7.35. The number of methoxy groups -OCH3 is 1. The van der Waals surface area contributed by atoms with Crippen LogP contribution in [0.1, 0.15) is 18.1 Å². The second kappa shape index (κ2) is 4.65. The fourth-order valence-electron chi connectivity index (χ4n) is 1.15. The van der Waals surface area contributed by atoms with Crippen molar-refractivity contribution >= 4 is 5.90 Å². The molecule has 1 aromatic carbocycles. The van der Waals surface area contributed by atoms with Gasteiger partial charge in [0.25, 0.3) is 0 Å². The van der Waals surface area contributed by atoms with Crippen molar-refractivity contribution in [3.8, 4) is 0 Å². The SMILES string of the molecule is CCc1ccc(CC(=N)OC)cc1. The van der Waals surface area contributed by atoms with Crippen molar-refractivity contribution in [1.29, 1.82) is 5.41 Å². The molecule has 1 rings (SSSR count). The molecule has 0 bridgehead atoms. The van der Waals surface area contributed by atoms with Crippen LogP contribution in [-0.4, -0.2) is 13.0 Å². The van der Waals surface area contributed by atoms with Crippen LogP contribution < -0.4 is 0 Å². The molecule has 2 nitrogen and oxygen atoms in total. The average Bonchev–Trinajstić information content (AvgIpc) is 2.19. The van der Waals surface area contributed by atoms with Crippen LogP contribution in [-0.2, 0) is 17.6 Å².